The van der Waals surface area contributed by atoms with Crippen LogP contribution in [0.25, 0.3) is 0 Å². The average Bonchev–Trinajstić information content (AvgIpc) is 2.86. The maximum atomic E-state index is 12.2. The van der Waals surface area contributed by atoms with Gasteiger partial charge in [-0.3, -0.25) is 0 Å². The van der Waals surface area contributed by atoms with Crippen LogP contribution in [0.4, 0.5) is 5.69 Å². The highest BCUT2D eigenvalue weighted by molar-refractivity contribution is 7.89. The highest BCUT2D eigenvalue weighted by Gasteiger charge is 2.36. The van der Waals surface area contributed by atoms with Gasteiger partial charge in [-0.25, -0.2) is 13.1 Å². The maximum absolute atomic E-state index is 12.2. The first-order chi connectivity index (χ1) is 8.99. The summed E-state index contributed by atoms with van der Waals surface area (Å²) in [7, 11) is -2.08. The van der Waals surface area contributed by atoms with Crippen molar-refractivity contribution in [1.29, 1.82) is 0 Å². The van der Waals surface area contributed by atoms with Gasteiger partial charge in [0.05, 0.1) is 12.3 Å². The second-order valence-corrected chi connectivity index (χ2v) is 6.29. The summed E-state index contributed by atoms with van der Waals surface area (Å²) in [5.74, 6) is 0. The van der Waals surface area contributed by atoms with Gasteiger partial charge in [-0.05, 0) is 12.1 Å². The molecule has 1 heterocycles. The standard InChI is InChI=1S/C12H18N2O4S/c1-17-12(6-7-18-9-12)8-14-19(15,16)11-5-3-2-4-10(11)13/h2-5,14H,6-9,13H2,1H3. The predicted octanol–water partition coefficient (Wildman–Crippen LogP) is 0.353. The molecule has 0 aliphatic carbocycles. The number of anilines is 1. The van der Waals surface area contributed by atoms with Crippen molar-refractivity contribution in [3.63, 3.8) is 0 Å². The Morgan fingerprint density at radius 3 is 2.79 bits per heavy atom. The van der Waals surface area contributed by atoms with Crippen molar-refractivity contribution in [2.75, 3.05) is 32.6 Å². The Hall–Kier alpha value is -1.15. The molecule has 2 rings (SSSR count). The minimum absolute atomic E-state index is 0.0835. The Morgan fingerprint density at radius 2 is 2.21 bits per heavy atom. The van der Waals surface area contributed by atoms with E-state index in [1.165, 1.54) is 6.07 Å². The van der Waals surface area contributed by atoms with E-state index in [0.29, 0.717) is 19.6 Å². The number of hydrogen-bond donors (Lipinski definition) is 2. The molecule has 0 spiro atoms. The second-order valence-electron chi connectivity index (χ2n) is 4.55. The number of nitrogens with one attached hydrogen (secondary N) is 1. The zero-order valence-corrected chi connectivity index (χ0v) is 11.6. The van der Waals surface area contributed by atoms with Crippen LogP contribution in [0.2, 0.25) is 0 Å². The Morgan fingerprint density at radius 1 is 1.47 bits per heavy atom. The van der Waals surface area contributed by atoms with Crippen LogP contribution in [0.3, 0.4) is 0 Å². The molecule has 1 aliphatic heterocycles. The lowest BCUT2D eigenvalue weighted by molar-refractivity contribution is -0.0120. The molecule has 0 bridgehead atoms. The number of ether oxygens (including phenoxy) is 2. The molecule has 7 heteroatoms. The van der Waals surface area contributed by atoms with E-state index in [-0.39, 0.29) is 17.1 Å². The van der Waals surface area contributed by atoms with Crippen molar-refractivity contribution >= 4 is 15.7 Å². The van der Waals surface area contributed by atoms with Gasteiger partial charge in [-0.2, -0.15) is 0 Å². The summed E-state index contributed by atoms with van der Waals surface area (Å²) >= 11 is 0. The van der Waals surface area contributed by atoms with Crippen LogP contribution in [0, 0.1) is 0 Å². The van der Waals surface area contributed by atoms with E-state index in [2.05, 4.69) is 4.72 Å². The van der Waals surface area contributed by atoms with Crippen LogP contribution in [0.15, 0.2) is 29.2 Å². The van der Waals surface area contributed by atoms with E-state index in [4.69, 9.17) is 15.2 Å². The van der Waals surface area contributed by atoms with Crippen molar-refractivity contribution in [3.05, 3.63) is 24.3 Å². The molecular weight excluding hydrogens is 268 g/mol. The smallest absolute Gasteiger partial charge is 0.242 e. The normalized spacial score (nSPS) is 23.6. The molecule has 0 radical (unpaired) electrons. The molecule has 3 N–H and O–H groups in total. The van der Waals surface area contributed by atoms with Crippen LogP contribution >= 0.6 is 0 Å². The molecule has 19 heavy (non-hydrogen) atoms. The first-order valence-electron chi connectivity index (χ1n) is 5.96. The van der Waals surface area contributed by atoms with Crippen molar-refractivity contribution < 1.29 is 17.9 Å². The van der Waals surface area contributed by atoms with Crippen molar-refractivity contribution in [1.82, 2.24) is 4.72 Å². The van der Waals surface area contributed by atoms with E-state index >= 15 is 0 Å². The third-order valence-corrected chi connectivity index (χ3v) is 4.77. The first-order valence-corrected chi connectivity index (χ1v) is 7.44. The summed E-state index contributed by atoms with van der Waals surface area (Å²) < 4.78 is 37.5. The van der Waals surface area contributed by atoms with Crippen molar-refractivity contribution in [2.24, 2.45) is 0 Å². The fourth-order valence-corrected chi connectivity index (χ4v) is 3.24. The molecule has 0 saturated carbocycles. The molecule has 106 valence electrons. The number of rotatable bonds is 5. The molecule has 0 amide bonds. The lowest BCUT2D eigenvalue weighted by Crippen LogP contribution is -2.45. The molecule has 1 aliphatic rings. The van der Waals surface area contributed by atoms with E-state index < -0.39 is 15.6 Å². The van der Waals surface area contributed by atoms with E-state index in [1.807, 2.05) is 0 Å². The Balaban J connectivity index is 2.12. The zero-order valence-electron chi connectivity index (χ0n) is 10.8. The molecule has 1 aromatic rings. The van der Waals surface area contributed by atoms with Crippen molar-refractivity contribution in [3.8, 4) is 0 Å². The summed E-state index contributed by atoms with van der Waals surface area (Å²) in [4.78, 5) is 0.0835. The lowest BCUT2D eigenvalue weighted by atomic mass is 10.0. The molecular formula is C12H18N2O4S. The number of nitrogen functional groups attached to an aromatic ring is 1. The third kappa shape index (κ3) is 3.06. The molecule has 1 unspecified atom stereocenters. The summed E-state index contributed by atoms with van der Waals surface area (Å²) in [6.45, 7) is 1.12. The predicted molar refractivity (Wildman–Crippen MR) is 71.2 cm³/mol. The topological polar surface area (TPSA) is 90.7 Å². The van der Waals surface area contributed by atoms with E-state index in [1.54, 1.807) is 25.3 Å². The highest BCUT2D eigenvalue weighted by Crippen LogP contribution is 2.23. The van der Waals surface area contributed by atoms with Gasteiger partial charge in [0.2, 0.25) is 10.0 Å². The van der Waals surface area contributed by atoms with Gasteiger partial charge in [0.1, 0.15) is 10.5 Å². The van der Waals surface area contributed by atoms with Gasteiger partial charge in [0.25, 0.3) is 0 Å². The fraction of sp³-hybridized carbons (Fsp3) is 0.500. The van der Waals surface area contributed by atoms with Gasteiger partial charge < -0.3 is 15.2 Å². The summed E-state index contributed by atoms with van der Waals surface area (Å²) in [6, 6.07) is 6.35. The Bertz CT molecular complexity index is 538. The summed E-state index contributed by atoms with van der Waals surface area (Å²) in [5, 5.41) is 0. The quantitative estimate of drug-likeness (QED) is 0.762. The zero-order chi connectivity index (χ0) is 13.9. The fourth-order valence-electron chi connectivity index (χ4n) is 1.99. The first kappa shape index (κ1) is 14.3. The van der Waals surface area contributed by atoms with Crippen molar-refractivity contribution in [2.45, 2.75) is 16.9 Å². The third-order valence-electron chi connectivity index (χ3n) is 3.29. The monoisotopic (exact) mass is 286 g/mol. The molecule has 1 aromatic carbocycles. The van der Waals surface area contributed by atoms with Gasteiger partial charge >= 0.3 is 0 Å². The summed E-state index contributed by atoms with van der Waals surface area (Å²) in [5.41, 5.74) is 5.32. The molecule has 1 fully saturated rings. The van der Waals surface area contributed by atoms with Gasteiger partial charge in [-0.1, -0.05) is 12.1 Å². The number of sulfonamides is 1. The molecule has 0 aromatic heterocycles. The number of hydrogen-bond acceptors (Lipinski definition) is 5. The van der Waals surface area contributed by atoms with Crippen LogP contribution in [-0.4, -0.2) is 40.9 Å². The average molecular weight is 286 g/mol. The SMILES string of the molecule is COC1(CNS(=O)(=O)c2ccccc2N)CCOC1. The van der Waals surface area contributed by atoms with Gasteiger partial charge in [0, 0.05) is 26.7 Å². The number of para-hydroxylation sites is 1. The minimum atomic E-state index is -3.64. The minimum Gasteiger partial charge on any atom is -0.398 e. The lowest BCUT2D eigenvalue weighted by Gasteiger charge is -2.25. The van der Waals surface area contributed by atoms with Gasteiger partial charge in [0.15, 0.2) is 0 Å². The largest absolute Gasteiger partial charge is 0.398 e. The van der Waals surface area contributed by atoms with Crippen LogP contribution < -0.4 is 10.5 Å². The molecule has 1 saturated heterocycles. The Kier molecular flexibility index (Phi) is 4.10. The summed E-state index contributed by atoms with van der Waals surface area (Å²) in [6.07, 6.45) is 0.663. The highest BCUT2D eigenvalue weighted by atomic mass is 32.2. The molecule has 6 nitrogen and oxygen atoms in total. The maximum Gasteiger partial charge on any atom is 0.242 e. The van der Waals surface area contributed by atoms with E-state index in [0.717, 1.165) is 0 Å². The van der Waals surface area contributed by atoms with E-state index in [9.17, 15) is 8.42 Å². The number of nitrogens with two attached hydrogens (primary N) is 1. The second kappa shape index (κ2) is 5.46. The van der Waals surface area contributed by atoms with Crippen LogP contribution in [0.1, 0.15) is 6.42 Å². The van der Waals surface area contributed by atoms with Crippen LogP contribution in [-0.2, 0) is 19.5 Å². The van der Waals surface area contributed by atoms with Gasteiger partial charge in [-0.15, -0.1) is 0 Å². The Labute approximate surface area is 112 Å². The number of methoxy groups -OCH3 is 1. The van der Waals surface area contributed by atoms with Crippen LogP contribution in [0.5, 0.6) is 0 Å². The number of benzene rings is 1. The molecule has 1 atom stereocenters.